The number of hydrogen-bond acceptors (Lipinski definition) is 3. The molecule has 4 heteroatoms. The minimum absolute atomic E-state index is 0.387. The highest BCUT2D eigenvalue weighted by Crippen LogP contribution is 2.27. The topological polar surface area (TPSA) is 25.2 Å². The lowest BCUT2D eigenvalue weighted by atomic mass is 10.2. The van der Waals surface area contributed by atoms with Crippen molar-refractivity contribution in [2.24, 2.45) is 0 Å². The van der Waals surface area contributed by atoms with Crippen LogP contribution >= 0.6 is 23.4 Å². The van der Waals surface area contributed by atoms with Gasteiger partial charge in [-0.05, 0) is 30.8 Å². The normalized spacial score (nSPS) is 12.5. The summed E-state index contributed by atoms with van der Waals surface area (Å²) in [5.41, 5.74) is 0. The molecule has 1 heterocycles. The fraction of sp³-hybridized carbons (Fsp3) is 0.333. The second kappa shape index (κ2) is 7.63. The average Bonchev–Trinajstić information content (AvgIpc) is 2.91. The summed E-state index contributed by atoms with van der Waals surface area (Å²) in [4.78, 5) is 1.13. The Morgan fingerprint density at radius 2 is 2.11 bits per heavy atom. The molecule has 0 aliphatic carbocycles. The van der Waals surface area contributed by atoms with Crippen LogP contribution in [0.25, 0.3) is 0 Å². The molecule has 1 aromatic carbocycles. The van der Waals surface area contributed by atoms with Crippen LogP contribution in [0.1, 0.15) is 12.7 Å². The summed E-state index contributed by atoms with van der Waals surface area (Å²) in [6.45, 7) is 3.07. The maximum absolute atomic E-state index is 6.17. The first kappa shape index (κ1) is 14.5. The van der Waals surface area contributed by atoms with Crippen molar-refractivity contribution in [3.63, 3.8) is 0 Å². The van der Waals surface area contributed by atoms with Crippen LogP contribution in [-0.2, 0) is 6.42 Å². The Labute approximate surface area is 123 Å². The molecule has 2 rings (SSSR count). The van der Waals surface area contributed by atoms with Crippen molar-refractivity contribution in [2.75, 3.05) is 12.3 Å². The van der Waals surface area contributed by atoms with E-state index in [1.165, 1.54) is 0 Å². The number of halogens is 1. The zero-order valence-electron chi connectivity index (χ0n) is 10.9. The van der Waals surface area contributed by atoms with Gasteiger partial charge in [0.15, 0.2) is 0 Å². The van der Waals surface area contributed by atoms with E-state index >= 15 is 0 Å². The number of thioether (sulfide) groups is 1. The van der Waals surface area contributed by atoms with Gasteiger partial charge in [0.05, 0.1) is 11.3 Å². The van der Waals surface area contributed by atoms with Crippen LogP contribution in [0, 0.1) is 0 Å². The van der Waals surface area contributed by atoms with Crippen molar-refractivity contribution in [3.05, 3.63) is 53.4 Å². The summed E-state index contributed by atoms with van der Waals surface area (Å²) in [6.07, 6.45) is 2.62. The first-order valence-corrected chi connectivity index (χ1v) is 7.79. The van der Waals surface area contributed by atoms with Crippen LogP contribution in [0.5, 0.6) is 0 Å². The molecule has 102 valence electrons. The SMILES string of the molecule is CCNC(CSc1ccccc1Cl)Cc1ccco1. The lowest BCUT2D eigenvalue weighted by Gasteiger charge is -2.16. The number of benzene rings is 1. The molecule has 0 bridgehead atoms. The van der Waals surface area contributed by atoms with Crippen LogP contribution in [0.4, 0.5) is 0 Å². The van der Waals surface area contributed by atoms with Gasteiger partial charge in [0, 0.05) is 23.1 Å². The van der Waals surface area contributed by atoms with Gasteiger partial charge in [-0.25, -0.2) is 0 Å². The number of furan rings is 1. The molecule has 0 saturated heterocycles. The number of rotatable bonds is 7. The maximum atomic E-state index is 6.17. The van der Waals surface area contributed by atoms with E-state index in [1.807, 2.05) is 30.3 Å². The van der Waals surface area contributed by atoms with Crippen molar-refractivity contribution in [1.82, 2.24) is 5.32 Å². The molecule has 0 aliphatic heterocycles. The summed E-state index contributed by atoms with van der Waals surface area (Å²) in [5.74, 6) is 1.99. The van der Waals surface area contributed by atoms with Gasteiger partial charge in [-0.1, -0.05) is 30.7 Å². The lowest BCUT2D eigenvalue weighted by Crippen LogP contribution is -2.33. The number of hydrogen-bond donors (Lipinski definition) is 1. The standard InChI is InChI=1S/C15H18ClNOS/c1-2-17-12(10-13-6-5-9-18-13)11-19-15-8-4-3-7-14(15)16/h3-9,12,17H,2,10-11H2,1H3. The maximum Gasteiger partial charge on any atom is 0.105 e. The molecule has 1 N–H and O–H groups in total. The van der Waals surface area contributed by atoms with Crippen molar-refractivity contribution in [3.8, 4) is 0 Å². The zero-order valence-corrected chi connectivity index (χ0v) is 12.5. The highest BCUT2D eigenvalue weighted by molar-refractivity contribution is 7.99. The predicted molar refractivity (Wildman–Crippen MR) is 82.1 cm³/mol. The third kappa shape index (κ3) is 4.60. The molecule has 1 atom stereocenters. The predicted octanol–water partition coefficient (Wildman–Crippen LogP) is 4.25. The fourth-order valence-electron chi connectivity index (χ4n) is 1.90. The first-order valence-electron chi connectivity index (χ1n) is 6.42. The van der Waals surface area contributed by atoms with Crippen molar-refractivity contribution < 1.29 is 4.42 Å². The van der Waals surface area contributed by atoms with E-state index in [2.05, 4.69) is 18.3 Å². The van der Waals surface area contributed by atoms with Crippen LogP contribution in [0.3, 0.4) is 0 Å². The summed E-state index contributed by atoms with van der Waals surface area (Å²) in [7, 11) is 0. The van der Waals surface area contributed by atoms with Gasteiger partial charge in [-0.3, -0.25) is 0 Å². The average molecular weight is 296 g/mol. The minimum Gasteiger partial charge on any atom is -0.469 e. The van der Waals surface area contributed by atoms with E-state index in [4.69, 9.17) is 16.0 Å². The zero-order chi connectivity index (χ0) is 13.5. The van der Waals surface area contributed by atoms with Crippen LogP contribution in [0.15, 0.2) is 52.0 Å². The van der Waals surface area contributed by atoms with E-state index in [9.17, 15) is 0 Å². The summed E-state index contributed by atoms with van der Waals surface area (Å²) in [5, 5.41) is 4.31. The molecule has 0 saturated carbocycles. The molecule has 0 radical (unpaired) electrons. The molecule has 19 heavy (non-hydrogen) atoms. The molecule has 0 amide bonds. The van der Waals surface area contributed by atoms with Crippen LogP contribution in [0.2, 0.25) is 5.02 Å². The molecule has 1 aromatic heterocycles. The van der Waals surface area contributed by atoms with Crippen molar-refractivity contribution in [1.29, 1.82) is 0 Å². The van der Waals surface area contributed by atoms with Crippen LogP contribution < -0.4 is 5.32 Å². The summed E-state index contributed by atoms with van der Waals surface area (Å²) < 4.78 is 5.41. The Morgan fingerprint density at radius 1 is 1.26 bits per heavy atom. The molecule has 2 nitrogen and oxygen atoms in total. The van der Waals surface area contributed by atoms with Crippen molar-refractivity contribution in [2.45, 2.75) is 24.3 Å². The summed E-state index contributed by atoms with van der Waals surface area (Å²) in [6, 6.07) is 12.3. The Kier molecular flexibility index (Phi) is 5.83. The molecule has 2 aromatic rings. The Balaban J connectivity index is 1.91. The highest BCUT2D eigenvalue weighted by Gasteiger charge is 2.11. The Bertz CT molecular complexity index is 487. The Hall–Kier alpha value is -0.900. The van der Waals surface area contributed by atoms with Crippen LogP contribution in [-0.4, -0.2) is 18.3 Å². The summed E-state index contributed by atoms with van der Waals surface area (Å²) >= 11 is 7.95. The van der Waals surface area contributed by atoms with E-state index in [0.717, 1.165) is 34.4 Å². The molecule has 1 unspecified atom stereocenters. The van der Waals surface area contributed by atoms with Gasteiger partial charge in [-0.2, -0.15) is 0 Å². The van der Waals surface area contributed by atoms with E-state index in [0.29, 0.717) is 6.04 Å². The third-order valence-corrected chi connectivity index (χ3v) is 4.47. The quantitative estimate of drug-likeness (QED) is 0.773. The molecular weight excluding hydrogens is 278 g/mol. The third-order valence-electron chi connectivity index (χ3n) is 2.80. The van der Waals surface area contributed by atoms with Gasteiger partial charge in [0.25, 0.3) is 0 Å². The van der Waals surface area contributed by atoms with E-state index in [-0.39, 0.29) is 0 Å². The first-order chi connectivity index (χ1) is 9.29. The molecule has 0 fully saturated rings. The molecule has 0 aliphatic rings. The molecule has 0 spiro atoms. The number of likely N-dealkylation sites (N-methyl/N-ethyl adjacent to an activating group) is 1. The lowest BCUT2D eigenvalue weighted by molar-refractivity contribution is 0.465. The highest BCUT2D eigenvalue weighted by atomic mass is 35.5. The van der Waals surface area contributed by atoms with Gasteiger partial charge in [-0.15, -0.1) is 11.8 Å². The number of nitrogens with one attached hydrogen (secondary N) is 1. The second-order valence-corrected chi connectivity index (χ2v) is 5.75. The second-order valence-electron chi connectivity index (χ2n) is 4.28. The smallest absolute Gasteiger partial charge is 0.105 e. The van der Waals surface area contributed by atoms with E-state index in [1.54, 1.807) is 18.0 Å². The Morgan fingerprint density at radius 3 is 2.79 bits per heavy atom. The van der Waals surface area contributed by atoms with E-state index < -0.39 is 0 Å². The van der Waals surface area contributed by atoms with Crippen molar-refractivity contribution >= 4 is 23.4 Å². The van der Waals surface area contributed by atoms with Gasteiger partial charge in [0.1, 0.15) is 5.76 Å². The monoisotopic (exact) mass is 295 g/mol. The largest absolute Gasteiger partial charge is 0.469 e. The van der Waals surface area contributed by atoms with Gasteiger partial charge >= 0.3 is 0 Å². The minimum atomic E-state index is 0.387. The van der Waals surface area contributed by atoms with Gasteiger partial charge in [0.2, 0.25) is 0 Å². The molecular formula is C15H18ClNOS. The fourth-order valence-corrected chi connectivity index (χ4v) is 3.20. The van der Waals surface area contributed by atoms with Gasteiger partial charge < -0.3 is 9.73 Å².